The number of carbonyl (C=O) groups is 1. The molecule has 0 aliphatic heterocycles. The van der Waals surface area contributed by atoms with Gasteiger partial charge in [-0.15, -0.1) is 0 Å². The maximum absolute atomic E-state index is 13.9. The Kier molecular flexibility index (Phi) is 4.21. The summed E-state index contributed by atoms with van der Waals surface area (Å²) in [4.78, 5) is 11.1. The monoisotopic (exact) mass is 291 g/mol. The minimum Gasteiger partial charge on any atom is -0.478 e. The highest BCUT2D eigenvalue weighted by Gasteiger charge is 2.16. The van der Waals surface area contributed by atoms with Gasteiger partial charge in [-0.3, -0.25) is 0 Å². The standard InChI is InChI=1S/C16H15F2NO2/c1-9-7-14(18)12(8-13(9)17)10(2)19-15-6-4-3-5-11(15)16(20)21/h3-8,10,19H,1-2H3,(H,20,21). The van der Waals surface area contributed by atoms with Crippen LogP contribution in [0.2, 0.25) is 0 Å². The maximum atomic E-state index is 13.9. The van der Waals surface area contributed by atoms with Gasteiger partial charge in [-0.25, -0.2) is 13.6 Å². The predicted octanol–water partition coefficient (Wildman–Crippen LogP) is 4.14. The van der Waals surface area contributed by atoms with Gasteiger partial charge >= 0.3 is 5.97 Å². The number of carboxylic acid groups (broad SMARTS) is 1. The lowest BCUT2D eigenvalue weighted by atomic mass is 10.0. The summed E-state index contributed by atoms with van der Waals surface area (Å²) in [7, 11) is 0. The Morgan fingerprint density at radius 2 is 1.86 bits per heavy atom. The zero-order valence-electron chi connectivity index (χ0n) is 11.7. The molecule has 0 spiro atoms. The molecule has 0 fully saturated rings. The number of para-hydroxylation sites is 1. The number of aromatic carboxylic acids is 1. The van der Waals surface area contributed by atoms with E-state index < -0.39 is 23.6 Å². The summed E-state index contributed by atoms with van der Waals surface area (Å²) in [5, 5.41) is 12.0. The summed E-state index contributed by atoms with van der Waals surface area (Å²) in [5.41, 5.74) is 0.822. The van der Waals surface area contributed by atoms with Crippen LogP contribution in [-0.2, 0) is 0 Å². The molecule has 0 aromatic heterocycles. The van der Waals surface area contributed by atoms with Gasteiger partial charge in [-0.2, -0.15) is 0 Å². The SMILES string of the molecule is Cc1cc(F)c(C(C)Nc2ccccc2C(=O)O)cc1F. The molecule has 21 heavy (non-hydrogen) atoms. The second kappa shape index (κ2) is 5.91. The smallest absolute Gasteiger partial charge is 0.337 e. The molecule has 1 atom stereocenters. The number of nitrogens with one attached hydrogen (secondary N) is 1. The van der Waals surface area contributed by atoms with Gasteiger partial charge in [-0.1, -0.05) is 12.1 Å². The normalized spacial score (nSPS) is 12.0. The first-order chi connectivity index (χ1) is 9.90. The van der Waals surface area contributed by atoms with Gasteiger partial charge in [0.25, 0.3) is 0 Å². The lowest BCUT2D eigenvalue weighted by Crippen LogP contribution is -2.12. The van der Waals surface area contributed by atoms with E-state index >= 15 is 0 Å². The molecule has 2 rings (SSSR count). The van der Waals surface area contributed by atoms with Crippen LogP contribution in [0.15, 0.2) is 36.4 Å². The van der Waals surface area contributed by atoms with Gasteiger partial charge in [0, 0.05) is 11.3 Å². The maximum Gasteiger partial charge on any atom is 0.337 e. The van der Waals surface area contributed by atoms with Crippen molar-refractivity contribution in [3.8, 4) is 0 Å². The van der Waals surface area contributed by atoms with Gasteiger partial charge < -0.3 is 10.4 Å². The second-order valence-electron chi connectivity index (χ2n) is 4.84. The van der Waals surface area contributed by atoms with Crippen LogP contribution in [0.4, 0.5) is 14.5 Å². The van der Waals surface area contributed by atoms with Crippen molar-refractivity contribution >= 4 is 11.7 Å². The first-order valence-corrected chi connectivity index (χ1v) is 6.44. The molecule has 2 aromatic rings. The van der Waals surface area contributed by atoms with E-state index in [0.29, 0.717) is 5.69 Å². The van der Waals surface area contributed by atoms with Crippen molar-refractivity contribution in [2.24, 2.45) is 0 Å². The first-order valence-electron chi connectivity index (χ1n) is 6.44. The third-order valence-corrected chi connectivity index (χ3v) is 3.27. The number of anilines is 1. The molecule has 0 heterocycles. The molecule has 0 bridgehead atoms. The van der Waals surface area contributed by atoms with Crippen molar-refractivity contribution in [1.29, 1.82) is 0 Å². The Labute approximate surface area is 121 Å². The van der Waals surface area contributed by atoms with Crippen LogP contribution < -0.4 is 5.32 Å². The summed E-state index contributed by atoms with van der Waals surface area (Å²) in [5.74, 6) is -2.10. The summed E-state index contributed by atoms with van der Waals surface area (Å²) in [6, 6.07) is 8.00. The summed E-state index contributed by atoms with van der Waals surface area (Å²) in [6.45, 7) is 3.13. The van der Waals surface area contributed by atoms with E-state index in [-0.39, 0.29) is 16.7 Å². The van der Waals surface area contributed by atoms with E-state index in [1.54, 1.807) is 25.1 Å². The van der Waals surface area contributed by atoms with Crippen LogP contribution in [0, 0.1) is 18.6 Å². The van der Waals surface area contributed by atoms with Crippen molar-refractivity contribution in [2.45, 2.75) is 19.9 Å². The zero-order valence-corrected chi connectivity index (χ0v) is 11.7. The molecule has 0 amide bonds. The molecule has 2 N–H and O–H groups in total. The molecule has 5 heteroatoms. The summed E-state index contributed by atoms with van der Waals surface area (Å²) < 4.78 is 27.5. The van der Waals surface area contributed by atoms with Crippen LogP contribution in [0.3, 0.4) is 0 Å². The van der Waals surface area contributed by atoms with E-state index in [0.717, 1.165) is 12.1 Å². The molecule has 1 unspecified atom stereocenters. The topological polar surface area (TPSA) is 49.3 Å². The number of aryl methyl sites for hydroxylation is 1. The van der Waals surface area contributed by atoms with Crippen molar-refractivity contribution in [3.63, 3.8) is 0 Å². The largest absolute Gasteiger partial charge is 0.478 e. The van der Waals surface area contributed by atoms with E-state index in [2.05, 4.69) is 5.32 Å². The molecule has 0 aliphatic carbocycles. The van der Waals surface area contributed by atoms with Crippen molar-refractivity contribution in [2.75, 3.05) is 5.32 Å². The number of halogens is 2. The lowest BCUT2D eigenvalue weighted by molar-refractivity contribution is 0.0698. The van der Waals surface area contributed by atoms with Gasteiger partial charge in [0.2, 0.25) is 0 Å². The van der Waals surface area contributed by atoms with Crippen LogP contribution in [-0.4, -0.2) is 11.1 Å². The van der Waals surface area contributed by atoms with Crippen LogP contribution in [0.25, 0.3) is 0 Å². The highest BCUT2D eigenvalue weighted by Crippen LogP contribution is 2.26. The molecular weight excluding hydrogens is 276 g/mol. The Bertz CT molecular complexity index is 686. The van der Waals surface area contributed by atoms with E-state index in [1.807, 2.05) is 0 Å². The van der Waals surface area contributed by atoms with Crippen LogP contribution in [0.1, 0.15) is 34.5 Å². The molecule has 3 nitrogen and oxygen atoms in total. The Morgan fingerprint density at radius 3 is 2.52 bits per heavy atom. The quantitative estimate of drug-likeness (QED) is 0.890. The third kappa shape index (κ3) is 3.18. The average Bonchev–Trinajstić information content (AvgIpc) is 2.43. The van der Waals surface area contributed by atoms with Crippen LogP contribution in [0.5, 0.6) is 0 Å². The molecule has 110 valence electrons. The Morgan fingerprint density at radius 1 is 1.19 bits per heavy atom. The molecular formula is C16H15F2NO2. The van der Waals surface area contributed by atoms with E-state index in [9.17, 15) is 13.6 Å². The molecule has 0 aliphatic rings. The van der Waals surface area contributed by atoms with Crippen LogP contribution >= 0.6 is 0 Å². The fourth-order valence-electron chi connectivity index (χ4n) is 2.10. The van der Waals surface area contributed by atoms with Gasteiger partial charge in [0.05, 0.1) is 11.6 Å². The minimum atomic E-state index is -1.08. The molecule has 2 aromatic carbocycles. The molecule has 0 saturated heterocycles. The minimum absolute atomic E-state index is 0.0809. The summed E-state index contributed by atoms with van der Waals surface area (Å²) >= 11 is 0. The van der Waals surface area contributed by atoms with E-state index in [4.69, 9.17) is 5.11 Å². The number of rotatable bonds is 4. The lowest BCUT2D eigenvalue weighted by Gasteiger charge is -2.18. The van der Waals surface area contributed by atoms with Crippen molar-refractivity contribution in [3.05, 3.63) is 64.7 Å². The van der Waals surface area contributed by atoms with Gasteiger partial charge in [0.1, 0.15) is 11.6 Å². The fraction of sp³-hybridized carbons (Fsp3) is 0.188. The molecule has 0 saturated carbocycles. The highest BCUT2D eigenvalue weighted by atomic mass is 19.1. The number of hydrogen-bond acceptors (Lipinski definition) is 2. The van der Waals surface area contributed by atoms with Gasteiger partial charge in [0.15, 0.2) is 0 Å². The predicted molar refractivity (Wildman–Crippen MR) is 76.5 cm³/mol. The van der Waals surface area contributed by atoms with Gasteiger partial charge in [-0.05, 0) is 43.7 Å². The van der Waals surface area contributed by atoms with E-state index in [1.165, 1.54) is 13.0 Å². The average molecular weight is 291 g/mol. The number of carboxylic acids is 1. The second-order valence-corrected chi connectivity index (χ2v) is 4.84. The number of benzene rings is 2. The first kappa shape index (κ1) is 15.0. The zero-order chi connectivity index (χ0) is 15.6. The summed E-state index contributed by atoms with van der Waals surface area (Å²) in [6.07, 6.45) is 0. The fourth-order valence-corrected chi connectivity index (χ4v) is 2.10. The third-order valence-electron chi connectivity index (χ3n) is 3.27. The highest BCUT2D eigenvalue weighted by molar-refractivity contribution is 5.94. The number of hydrogen-bond donors (Lipinski definition) is 2. The Balaban J connectivity index is 2.33. The Hall–Kier alpha value is -2.43. The van der Waals surface area contributed by atoms with Crippen molar-refractivity contribution in [1.82, 2.24) is 0 Å². The molecule has 0 radical (unpaired) electrons. The van der Waals surface area contributed by atoms with Crippen molar-refractivity contribution < 1.29 is 18.7 Å².